The molecule has 0 N–H and O–H groups in total. The van der Waals surface area contributed by atoms with Gasteiger partial charge in [-0.1, -0.05) is 119 Å². The van der Waals surface area contributed by atoms with E-state index in [0.29, 0.717) is 33.2 Å². The molecule has 0 unspecified atom stereocenters. The zero-order chi connectivity index (χ0) is 45.3. The standard InChI is InChI=1S/C54H54F6N2/c1-49(2,3)33-15-21-43-37(27-33)38-28-34(50(4,5)6)16-22-44(38)61(43)47-25-31(13-19-41(47)53(55,56)57)32-14-20-42(54(58,59)60)48(26-32)62-45-23-17-35(51(7,8)9)29-39(45)40-30-36(52(10,11)12)18-24-46(40)62/h13-30H,1-12H3. The van der Waals surface area contributed by atoms with Gasteiger partial charge < -0.3 is 9.13 Å². The van der Waals surface area contributed by atoms with Crippen LogP contribution in [-0.4, -0.2) is 9.13 Å². The van der Waals surface area contributed by atoms with E-state index in [2.05, 4.69) is 107 Å². The van der Waals surface area contributed by atoms with Crippen LogP contribution < -0.4 is 0 Å². The monoisotopic (exact) mass is 844 g/mol. The molecule has 2 heterocycles. The van der Waals surface area contributed by atoms with Crippen molar-refractivity contribution in [3.05, 3.63) is 143 Å². The highest BCUT2D eigenvalue weighted by atomic mass is 19.4. The van der Waals surface area contributed by atoms with Crippen molar-refractivity contribution in [2.24, 2.45) is 0 Å². The maximum Gasteiger partial charge on any atom is 0.418 e. The molecule has 0 aliphatic heterocycles. The molecule has 8 aromatic rings. The molecule has 2 nitrogen and oxygen atoms in total. The molecule has 0 atom stereocenters. The van der Waals surface area contributed by atoms with Crippen molar-refractivity contribution in [2.75, 3.05) is 0 Å². The molecule has 322 valence electrons. The average molecular weight is 845 g/mol. The lowest BCUT2D eigenvalue weighted by Crippen LogP contribution is -2.13. The Morgan fingerprint density at radius 3 is 0.758 bits per heavy atom. The van der Waals surface area contributed by atoms with E-state index in [1.165, 1.54) is 24.3 Å². The van der Waals surface area contributed by atoms with Crippen LogP contribution in [0.5, 0.6) is 0 Å². The highest BCUT2D eigenvalue weighted by molar-refractivity contribution is 6.11. The van der Waals surface area contributed by atoms with Gasteiger partial charge in [-0.25, -0.2) is 0 Å². The molecule has 0 radical (unpaired) electrons. The molecule has 8 rings (SSSR count). The van der Waals surface area contributed by atoms with Gasteiger partial charge in [-0.05, 0) is 128 Å². The largest absolute Gasteiger partial charge is 0.418 e. The van der Waals surface area contributed by atoms with Gasteiger partial charge >= 0.3 is 12.4 Å². The number of nitrogens with zero attached hydrogens (tertiary/aromatic N) is 2. The lowest BCUT2D eigenvalue weighted by Gasteiger charge is -2.21. The molecular weight excluding hydrogens is 791 g/mol. The lowest BCUT2D eigenvalue weighted by atomic mass is 9.85. The molecule has 6 aromatic carbocycles. The van der Waals surface area contributed by atoms with E-state index in [0.717, 1.165) is 55.9 Å². The number of benzene rings is 6. The Hall–Kier alpha value is -5.50. The minimum atomic E-state index is -4.74. The molecule has 62 heavy (non-hydrogen) atoms. The first-order valence-electron chi connectivity index (χ1n) is 21.2. The fourth-order valence-electron chi connectivity index (χ4n) is 8.70. The molecule has 0 spiro atoms. The first kappa shape index (κ1) is 43.2. The highest BCUT2D eigenvalue weighted by Crippen LogP contribution is 2.45. The number of alkyl halides is 6. The van der Waals surface area contributed by atoms with Crippen molar-refractivity contribution in [1.82, 2.24) is 9.13 Å². The number of hydrogen-bond acceptors (Lipinski definition) is 0. The van der Waals surface area contributed by atoms with Crippen LogP contribution >= 0.6 is 0 Å². The van der Waals surface area contributed by atoms with Crippen molar-refractivity contribution < 1.29 is 26.3 Å². The van der Waals surface area contributed by atoms with Crippen LogP contribution in [0.15, 0.2) is 109 Å². The van der Waals surface area contributed by atoms with Gasteiger partial charge in [0.2, 0.25) is 0 Å². The van der Waals surface area contributed by atoms with Crippen molar-refractivity contribution in [2.45, 2.75) is 117 Å². The van der Waals surface area contributed by atoms with Crippen LogP contribution in [0.25, 0.3) is 66.1 Å². The molecule has 0 amide bonds. The molecule has 8 heteroatoms. The van der Waals surface area contributed by atoms with Crippen molar-refractivity contribution >= 4 is 43.6 Å². The lowest BCUT2D eigenvalue weighted by molar-refractivity contribution is -0.138. The van der Waals surface area contributed by atoms with Crippen LogP contribution in [0, 0.1) is 0 Å². The van der Waals surface area contributed by atoms with Crippen molar-refractivity contribution in [1.29, 1.82) is 0 Å². The van der Waals surface area contributed by atoms with Gasteiger partial charge in [0.05, 0.1) is 44.6 Å². The SMILES string of the molecule is CC(C)(C)c1ccc2c(c1)c1cc(C(C)(C)C)ccc1n2-c1cc(-c2ccc(C(F)(F)F)c(-n3c4ccc(C(C)(C)C)cc4c4cc(C(C)(C)C)ccc43)c2)ccc1C(F)(F)F. The van der Waals surface area contributed by atoms with Crippen LogP contribution in [0.2, 0.25) is 0 Å². The summed E-state index contributed by atoms with van der Waals surface area (Å²) in [7, 11) is 0. The van der Waals surface area contributed by atoms with Gasteiger partial charge in [-0.3, -0.25) is 0 Å². The Morgan fingerprint density at radius 2 is 0.548 bits per heavy atom. The molecule has 0 aliphatic rings. The first-order valence-corrected chi connectivity index (χ1v) is 21.2. The van der Waals surface area contributed by atoms with E-state index < -0.39 is 23.5 Å². The zero-order valence-corrected chi connectivity index (χ0v) is 37.6. The molecule has 0 saturated carbocycles. The number of halogens is 6. The first-order chi connectivity index (χ1) is 28.5. The second-order valence-corrected chi connectivity index (χ2v) is 21.1. The highest BCUT2D eigenvalue weighted by Gasteiger charge is 2.37. The fourth-order valence-corrected chi connectivity index (χ4v) is 8.70. The van der Waals surface area contributed by atoms with Gasteiger partial charge in [0.1, 0.15) is 0 Å². The van der Waals surface area contributed by atoms with Crippen molar-refractivity contribution in [3.63, 3.8) is 0 Å². The topological polar surface area (TPSA) is 9.86 Å². The van der Waals surface area contributed by atoms with Gasteiger partial charge in [0, 0.05) is 21.5 Å². The second-order valence-electron chi connectivity index (χ2n) is 21.1. The molecule has 0 aliphatic carbocycles. The molecule has 0 fully saturated rings. The van der Waals surface area contributed by atoms with Gasteiger partial charge in [-0.15, -0.1) is 0 Å². The number of rotatable bonds is 3. The summed E-state index contributed by atoms with van der Waals surface area (Å²) in [6.45, 7) is 25.2. The van der Waals surface area contributed by atoms with E-state index in [9.17, 15) is 0 Å². The number of aromatic nitrogens is 2. The second kappa shape index (κ2) is 14.0. The van der Waals surface area contributed by atoms with Gasteiger partial charge in [-0.2, -0.15) is 26.3 Å². The molecular formula is C54H54F6N2. The molecule has 0 saturated heterocycles. The summed E-state index contributed by atoms with van der Waals surface area (Å²) in [5, 5.41) is 3.29. The Balaban J connectivity index is 1.43. The van der Waals surface area contributed by atoms with Crippen LogP contribution in [-0.2, 0) is 34.0 Å². The summed E-state index contributed by atoms with van der Waals surface area (Å²) >= 11 is 0. The van der Waals surface area contributed by atoms with E-state index in [-0.39, 0.29) is 33.0 Å². The predicted molar refractivity (Wildman–Crippen MR) is 245 cm³/mol. The summed E-state index contributed by atoms with van der Waals surface area (Å²) in [6, 6.07) is 31.4. The van der Waals surface area contributed by atoms with E-state index in [1.54, 1.807) is 9.13 Å². The maximum atomic E-state index is 15.2. The third-order valence-electron chi connectivity index (χ3n) is 12.4. The number of hydrogen-bond donors (Lipinski definition) is 0. The van der Waals surface area contributed by atoms with Crippen LogP contribution in [0.1, 0.15) is 116 Å². The van der Waals surface area contributed by atoms with E-state index >= 15 is 26.3 Å². The van der Waals surface area contributed by atoms with E-state index in [1.807, 2.05) is 48.5 Å². The third kappa shape index (κ3) is 7.47. The van der Waals surface area contributed by atoms with Gasteiger partial charge in [0.15, 0.2) is 0 Å². The zero-order valence-electron chi connectivity index (χ0n) is 37.6. The minimum Gasteiger partial charge on any atom is -0.309 e. The fraction of sp³-hybridized carbons (Fsp3) is 0.333. The van der Waals surface area contributed by atoms with E-state index in [4.69, 9.17) is 0 Å². The third-order valence-corrected chi connectivity index (χ3v) is 12.4. The summed E-state index contributed by atoms with van der Waals surface area (Å²) < 4.78 is 94.6. The van der Waals surface area contributed by atoms with Gasteiger partial charge in [0.25, 0.3) is 0 Å². The number of fused-ring (bicyclic) bond motifs is 6. The summed E-state index contributed by atoms with van der Waals surface area (Å²) in [5.74, 6) is 0. The Labute approximate surface area is 360 Å². The van der Waals surface area contributed by atoms with Crippen molar-refractivity contribution in [3.8, 4) is 22.5 Å². The van der Waals surface area contributed by atoms with Crippen LogP contribution in [0.4, 0.5) is 26.3 Å². The molecule has 0 bridgehead atoms. The maximum absolute atomic E-state index is 15.2. The summed E-state index contributed by atoms with van der Waals surface area (Å²) in [5.41, 5.74) is 4.48. The normalized spacial score (nSPS) is 13.6. The Kier molecular flexibility index (Phi) is 9.75. The average Bonchev–Trinajstić information content (AvgIpc) is 3.66. The summed E-state index contributed by atoms with van der Waals surface area (Å²) in [6.07, 6.45) is -9.47. The summed E-state index contributed by atoms with van der Waals surface area (Å²) in [4.78, 5) is 0. The Morgan fingerprint density at radius 1 is 0.306 bits per heavy atom. The quantitative estimate of drug-likeness (QED) is 0.157. The molecule has 2 aromatic heterocycles. The minimum absolute atomic E-state index is 0.107. The van der Waals surface area contributed by atoms with Crippen LogP contribution in [0.3, 0.4) is 0 Å². The predicted octanol–water partition coefficient (Wildman–Crippen LogP) is 16.8. The Bertz CT molecular complexity index is 2720. The smallest absolute Gasteiger partial charge is 0.309 e.